The Morgan fingerprint density at radius 1 is 1.30 bits per heavy atom. The molecule has 30 heavy (non-hydrogen) atoms. The van der Waals surface area contributed by atoms with Crippen LogP contribution in [0.1, 0.15) is 47.6 Å². The largest absolute Gasteiger partial charge is 0.477 e. The fraction of sp³-hybridized carbons (Fsp3) is 0.450. The highest BCUT2D eigenvalue weighted by Gasteiger charge is 2.33. The third kappa shape index (κ3) is 4.97. The number of rotatable bonds is 6. The smallest absolute Gasteiger partial charge is 0.346 e. The van der Waals surface area contributed by atoms with Gasteiger partial charge in [0, 0.05) is 23.7 Å². The second-order valence-corrected chi connectivity index (χ2v) is 11.4. The minimum absolute atomic E-state index is 0.132. The molecule has 1 aromatic carbocycles. The number of nitrogen functional groups attached to an aromatic ring is 1. The molecule has 0 saturated carbocycles. The number of morpholine rings is 1. The molecule has 1 aromatic heterocycles. The van der Waals surface area contributed by atoms with Crippen LogP contribution in [-0.4, -0.2) is 46.3 Å². The number of thiophene rings is 1. The molecule has 2 aromatic rings. The monoisotopic (exact) mass is 471 g/mol. The molecule has 1 aliphatic heterocycles. The summed E-state index contributed by atoms with van der Waals surface area (Å²) in [6.07, 6.45) is 0. The number of carboxylic acids is 1. The van der Waals surface area contributed by atoms with Gasteiger partial charge in [0.2, 0.25) is 0 Å². The molecule has 1 fully saturated rings. The van der Waals surface area contributed by atoms with Gasteiger partial charge in [0.15, 0.2) is 0 Å². The van der Waals surface area contributed by atoms with Gasteiger partial charge < -0.3 is 20.5 Å². The highest BCUT2D eigenvalue weighted by molar-refractivity contribution is 7.84. The van der Waals surface area contributed by atoms with E-state index in [9.17, 15) is 14.1 Å². The van der Waals surface area contributed by atoms with Crippen molar-refractivity contribution in [1.29, 1.82) is 0 Å². The molecule has 2 atom stereocenters. The van der Waals surface area contributed by atoms with Crippen molar-refractivity contribution < 1.29 is 18.8 Å². The molecule has 7 nitrogen and oxygen atoms in total. The third-order valence-electron chi connectivity index (χ3n) is 4.73. The molecule has 1 saturated heterocycles. The van der Waals surface area contributed by atoms with Crippen molar-refractivity contribution in [3.05, 3.63) is 45.3 Å². The number of benzene rings is 1. The second-order valence-electron chi connectivity index (χ2n) is 7.95. The first-order valence-corrected chi connectivity index (χ1v) is 11.9. The molecule has 2 heterocycles. The number of ether oxygens (including phenoxy) is 1. The lowest BCUT2D eigenvalue weighted by molar-refractivity contribution is 0.0700. The summed E-state index contributed by atoms with van der Waals surface area (Å²) >= 11 is 7.19. The lowest BCUT2D eigenvalue weighted by atomic mass is 9.98. The van der Waals surface area contributed by atoms with Crippen LogP contribution in [0.15, 0.2) is 24.3 Å². The number of carboxylic acid groups (broad SMARTS) is 1. The van der Waals surface area contributed by atoms with Crippen molar-refractivity contribution in [2.24, 2.45) is 0 Å². The van der Waals surface area contributed by atoms with E-state index in [2.05, 4.69) is 4.72 Å². The lowest BCUT2D eigenvalue weighted by Gasteiger charge is -2.28. The van der Waals surface area contributed by atoms with Gasteiger partial charge in [-0.2, -0.15) is 0 Å². The maximum Gasteiger partial charge on any atom is 0.346 e. The summed E-state index contributed by atoms with van der Waals surface area (Å²) in [6, 6.07) is 6.35. The first kappa shape index (κ1) is 23.0. The van der Waals surface area contributed by atoms with Gasteiger partial charge in [0.05, 0.1) is 40.7 Å². The van der Waals surface area contributed by atoms with Gasteiger partial charge in [-0.15, -0.1) is 11.3 Å². The molecule has 0 aliphatic carbocycles. The van der Waals surface area contributed by atoms with E-state index >= 15 is 0 Å². The predicted molar refractivity (Wildman–Crippen MR) is 123 cm³/mol. The van der Waals surface area contributed by atoms with E-state index in [1.165, 1.54) is 0 Å². The lowest BCUT2D eigenvalue weighted by Crippen LogP contribution is -2.37. The third-order valence-corrected chi connectivity index (χ3v) is 7.81. The van der Waals surface area contributed by atoms with Crippen LogP contribution in [0, 0.1) is 0 Å². The van der Waals surface area contributed by atoms with Crippen molar-refractivity contribution in [2.75, 3.05) is 36.9 Å². The van der Waals surface area contributed by atoms with Gasteiger partial charge in [-0.1, -0.05) is 23.7 Å². The number of nitrogens with two attached hydrogens (primary N) is 1. The topological polar surface area (TPSA) is 105 Å². The quantitative estimate of drug-likeness (QED) is 0.593. The number of hydrogen-bond acceptors (Lipinski definition) is 6. The molecule has 2 unspecified atom stereocenters. The first-order valence-electron chi connectivity index (χ1n) is 9.51. The summed E-state index contributed by atoms with van der Waals surface area (Å²) in [5.74, 6) is -1.07. The zero-order chi connectivity index (χ0) is 22.1. The van der Waals surface area contributed by atoms with E-state index in [0.29, 0.717) is 47.6 Å². The Bertz CT molecular complexity index is 935. The average molecular weight is 472 g/mol. The summed E-state index contributed by atoms with van der Waals surface area (Å²) in [6.45, 7) is 7.94. The highest BCUT2D eigenvalue weighted by atomic mass is 35.5. The van der Waals surface area contributed by atoms with E-state index in [4.69, 9.17) is 22.1 Å². The predicted octanol–water partition coefficient (Wildman–Crippen LogP) is 3.66. The average Bonchev–Trinajstić information content (AvgIpc) is 3.04. The van der Waals surface area contributed by atoms with Crippen LogP contribution in [0.3, 0.4) is 0 Å². The van der Waals surface area contributed by atoms with E-state index in [1.807, 2.05) is 25.7 Å². The minimum atomic E-state index is -1.46. The fourth-order valence-electron chi connectivity index (χ4n) is 3.12. The zero-order valence-corrected chi connectivity index (χ0v) is 19.5. The van der Waals surface area contributed by atoms with Gasteiger partial charge in [0.25, 0.3) is 0 Å². The summed E-state index contributed by atoms with van der Waals surface area (Å²) in [5.41, 5.74) is 8.07. The van der Waals surface area contributed by atoms with Gasteiger partial charge in [-0.25, -0.2) is 13.7 Å². The Morgan fingerprint density at radius 2 is 1.90 bits per heavy atom. The van der Waals surface area contributed by atoms with Crippen LogP contribution in [0.2, 0.25) is 5.02 Å². The van der Waals surface area contributed by atoms with Crippen LogP contribution in [0.4, 0.5) is 10.7 Å². The van der Waals surface area contributed by atoms with Crippen molar-refractivity contribution in [1.82, 2.24) is 4.72 Å². The van der Waals surface area contributed by atoms with Crippen LogP contribution >= 0.6 is 22.9 Å². The summed E-state index contributed by atoms with van der Waals surface area (Å²) < 4.78 is 20.9. The van der Waals surface area contributed by atoms with Gasteiger partial charge in [0.1, 0.15) is 9.88 Å². The second kappa shape index (κ2) is 9.23. The molecule has 0 amide bonds. The number of nitrogens with zero attached hydrogens (tertiary/aromatic N) is 1. The van der Waals surface area contributed by atoms with Gasteiger partial charge >= 0.3 is 5.97 Å². The maximum absolute atomic E-state index is 13.0. The number of carbonyl (C=O) groups is 1. The number of aromatic carboxylic acids is 1. The molecule has 3 rings (SSSR count). The standard InChI is InChI=1S/C20H26ClN3O4S2/c1-20(2,3)30(27)23-16(12-4-6-13(21)7-5-12)14-15(22)18(29-17(14)19(25)26)24-8-10-28-11-9-24/h4-7,16,23H,8-11,22H2,1-3H3,(H,25,26). The number of nitrogens with one attached hydrogen (secondary N) is 1. The maximum atomic E-state index is 13.0. The summed E-state index contributed by atoms with van der Waals surface area (Å²) in [7, 11) is -1.46. The summed E-state index contributed by atoms with van der Waals surface area (Å²) in [4.78, 5) is 14.3. The van der Waals surface area contributed by atoms with Crippen LogP contribution < -0.4 is 15.4 Å². The zero-order valence-electron chi connectivity index (χ0n) is 17.1. The molecule has 0 spiro atoms. The van der Waals surface area contributed by atoms with Gasteiger partial charge in [-0.05, 0) is 38.5 Å². The Morgan fingerprint density at radius 3 is 2.43 bits per heavy atom. The normalized spacial score (nSPS) is 17.0. The van der Waals surface area contributed by atoms with Crippen LogP contribution in [0.5, 0.6) is 0 Å². The molecular weight excluding hydrogens is 446 g/mol. The molecule has 4 N–H and O–H groups in total. The van der Waals surface area contributed by atoms with Crippen LogP contribution in [-0.2, 0) is 15.7 Å². The SMILES string of the molecule is CC(C)(C)S(=O)NC(c1ccc(Cl)cc1)c1c(C(=O)O)sc(N2CCOCC2)c1N. The van der Waals surface area contributed by atoms with Crippen molar-refractivity contribution in [2.45, 2.75) is 31.6 Å². The fourth-order valence-corrected chi connectivity index (χ4v) is 5.22. The highest BCUT2D eigenvalue weighted by Crippen LogP contribution is 2.44. The Labute approximate surface area is 187 Å². The summed E-state index contributed by atoms with van der Waals surface area (Å²) in [5, 5.41) is 11.2. The number of halogens is 1. The Balaban J connectivity index is 2.13. The van der Waals surface area contributed by atoms with E-state index in [1.54, 1.807) is 24.3 Å². The molecule has 10 heteroatoms. The van der Waals surface area contributed by atoms with E-state index < -0.39 is 27.7 Å². The Hall–Kier alpha value is -1.65. The van der Waals surface area contributed by atoms with Crippen molar-refractivity contribution >= 4 is 50.6 Å². The number of hydrogen-bond donors (Lipinski definition) is 3. The molecule has 164 valence electrons. The van der Waals surface area contributed by atoms with Gasteiger partial charge in [-0.3, -0.25) is 0 Å². The molecule has 0 bridgehead atoms. The first-order chi connectivity index (χ1) is 14.1. The molecular formula is C20H26ClN3O4S2. The van der Waals surface area contributed by atoms with E-state index in [-0.39, 0.29) is 4.88 Å². The number of anilines is 2. The molecule has 1 aliphatic rings. The van der Waals surface area contributed by atoms with Crippen molar-refractivity contribution in [3.63, 3.8) is 0 Å². The van der Waals surface area contributed by atoms with E-state index in [0.717, 1.165) is 16.9 Å². The molecule has 0 radical (unpaired) electrons. The van der Waals surface area contributed by atoms with Crippen LogP contribution in [0.25, 0.3) is 0 Å². The van der Waals surface area contributed by atoms with Crippen molar-refractivity contribution in [3.8, 4) is 0 Å². The minimum Gasteiger partial charge on any atom is -0.477 e. The Kier molecular flexibility index (Phi) is 7.09.